The second-order valence-corrected chi connectivity index (χ2v) is 24.1. The molecule has 6 heteroatoms. The summed E-state index contributed by atoms with van der Waals surface area (Å²) in [4.78, 5) is 38.3. The van der Waals surface area contributed by atoms with Gasteiger partial charge in [-0.05, 0) is 83.5 Å². The van der Waals surface area contributed by atoms with Crippen molar-refractivity contribution in [2.75, 3.05) is 13.2 Å². The number of carbonyl (C=O) groups is 3. The molecule has 0 aliphatic carbocycles. The van der Waals surface area contributed by atoms with Gasteiger partial charge < -0.3 is 14.2 Å². The molecule has 0 fully saturated rings. The largest absolute Gasteiger partial charge is 0.462 e. The fourth-order valence-electron chi connectivity index (χ4n) is 10.7. The first-order valence-electron chi connectivity index (χ1n) is 35.8. The molecule has 1 atom stereocenters. The number of unbranched alkanes of at least 4 members (excludes halogenated alkanes) is 45. The Hall–Kier alpha value is -2.89. The maximum Gasteiger partial charge on any atom is 0.306 e. The van der Waals surface area contributed by atoms with Crippen molar-refractivity contribution in [1.29, 1.82) is 0 Å². The Morgan fingerprint density at radius 3 is 0.778 bits per heavy atom. The molecule has 0 saturated heterocycles. The average molecular weight is 1130 g/mol. The predicted octanol–water partition coefficient (Wildman–Crippen LogP) is 24.7. The van der Waals surface area contributed by atoms with E-state index in [0.717, 1.165) is 103 Å². The third-order valence-electron chi connectivity index (χ3n) is 16.0. The zero-order valence-electron chi connectivity index (χ0n) is 54.3. The van der Waals surface area contributed by atoms with Crippen LogP contribution in [0, 0.1) is 0 Å². The SMILES string of the molecule is CC/C=C\C/C=C\C/C=C\C/C=C\CCCCCCC(=O)OC(COC(=O)CCCCCCC/C=C\CCCCCC)COC(=O)CCCCCCCCCCCCCCCCCCCCCCCCCCCCCCCCCCC. The van der Waals surface area contributed by atoms with Crippen LogP contribution < -0.4 is 0 Å². The molecule has 0 rings (SSSR count). The van der Waals surface area contributed by atoms with Crippen molar-refractivity contribution in [3.63, 3.8) is 0 Å². The van der Waals surface area contributed by atoms with E-state index in [9.17, 15) is 14.4 Å². The van der Waals surface area contributed by atoms with Gasteiger partial charge in [0.25, 0.3) is 0 Å². The third kappa shape index (κ3) is 67.8. The molecule has 0 aromatic heterocycles. The summed E-state index contributed by atoms with van der Waals surface area (Å²) in [5.74, 6) is -0.897. The molecule has 0 radical (unpaired) electrons. The summed E-state index contributed by atoms with van der Waals surface area (Å²) in [6.07, 6.45) is 89.9. The molecule has 0 N–H and O–H groups in total. The van der Waals surface area contributed by atoms with Crippen LogP contribution >= 0.6 is 0 Å². The molecule has 0 saturated carbocycles. The first-order valence-corrected chi connectivity index (χ1v) is 35.8. The average Bonchev–Trinajstić information content (AvgIpc) is 3.46. The van der Waals surface area contributed by atoms with Crippen LogP contribution in [-0.4, -0.2) is 37.2 Å². The smallest absolute Gasteiger partial charge is 0.306 e. The van der Waals surface area contributed by atoms with E-state index in [1.165, 1.54) is 238 Å². The van der Waals surface area contributed by atoms with Gasteiger partial charge in [-0.1, -0.05) is 338 Å². The molecule has 81 heavy (non-hydrogen) atoms. The lowest BCUT2D eigenvalue weighted by molar-refractivity contribution is -0.167. The molecule has 0 amide bonds. The Labute approximate surface area is 504 Å². The van der Waals surface area contributed by atoms with Crippen LogP contribution in [0.4, 0.5) is 0 Å². The normalized spacial score (nSPS) is 12.4. The lowest BCUT2D eigenvalue weighted by atomic mass is 10.0. The minimum atomic E-state index is -0.790. The summed E-state index contributed by atoms with van der Waals surface area (Å²) in [6, 6.07) is 0. The van der Waals surface area contributed by atoms with Gasteiger partial charge in [-0.2, -0.15) is 0 Å². The van der Waals surface area contributed by atoms with E-state index in [4.69, 9.17) is 14.2 Å². The van der Waals surface area contributed by atoms with E-state index < -0.39 is 6.10 Å². The summed E-state index contributed by atoms with van der Waals surface area (Å²) in [7, 11) is 0. The first kappa shape index (κ1) is 78.1. The molecule has 0 aromatic carbocycles. The third-order valence-corrected chi connectivity index (χ3v) is 16.0. The van der Waals surface area contributed by atoms with Gasteiger partial charge in [-0.25, -0.2) is 0 Å². The van der Waals surface area contributed by atoms with Gasteiger partial charge in [0, 0.05) is 19.3 Å². The second kappa shape index (κ2) is 69.6. The zero-order valence-corrected chi connectivity index (χ0v) is 54.3. The van der Waals surface area contributed by atoms with Crippen molar-refractivity contribution in [2.24, 2.45) is 0 Å². The van der Waals surface area contributed by atoms with E-state index in [2.05, 4.69) is 81.5 Å². The number of allylic oxidation sites excluding steroid dienone is 10. The number of ether oxygens (including phenoxy) is 3. The number of esters is 3. The summed E-state index contributed by atoms with van der Waals surface area (Å²) in [5, 5.41) is 0. The van der Waals surface area contributed by atoms with Crippen LogP contribution in [0.25, 0.3) is 0 Å². The van der Waals surface area contributed by atoms with Gasteiger partial charge in [0.1, 0.15) is 13.2 Å². The van der Waals surface area contributed by atoms with Crippen LogP contribution in [0.1, 0.15) is 380 Å². The Bertz CT molecular complexity index is 1440. The highest BCUT2D eigenvalue weighted by molar-refractivity contribution is 5.71. The minimum absolute atomic E-state index is 0.0838. The van der Waals surface area contributed by atoms with Crippen molar-refractivity contribution in [3.05, 3.63) is 60.8 Å². The molecule has 0 aromatic rings. The summed E-state index contributed by atoms with van der Waals surface area (Å²) in [5.41, 5.74) is 0. The Kier molecular flexibility index (Phi) is 67.1. The van der Waals surface area contributed by atoms with E-state index in [0.29, 0.717) is 19.3 Å². The number of rotatable bonds is 66. The predicted molar refractivity (Wildman–Crippen MR) is 353 cm³/mol. The van der Waals surface area contributed by atoms with E-state index in [-0.39, 0.29) is 31.1 Å². The quantitative estimate of drug-likeness (QED) is 0.0261. The highest BCUT2D eigenvalue weighted by Gasteiger charge is 2.19. The Morgan fingerprint density at radius 2 is 0.481 bits per heavy atom. The van der Waals surface area contributed by atoms with Crippen molar-refractivity contribution in [1.82, 2.24) is 0 Å². The molecule has 0 heterocycles. The molecule has 0 spiro atoms. The molecular formula is C75H136O6. The Morgan fingerprint density at radius 1 is 0.259 bits per heavy atom. The monoisotopic (exact) mass is 1130 g/mol. The lowest BCUT2D eigenvalue weighted by Crippen LogP contribution is -2.30. The van der Waals surface area contributed by atoms with Gasteiger partial charge in [0.05, 0.1) is 0 Å². The molecule has 0 bridgehead atoms. The van der Waals surface area contributed by atoms with Gasteiger partial charge in [0.15, 0.2) is 6.10 Å². The van der Waals surface area contributed by atoms with Crippen molar-refractivity contribution >= 4 is 17.9 Å². The number of hydrogen-bond donors (Lipinski definition) is 0. The van der Waals surface area contributed by atoms with Crippen molar-refractivity contribution < 1.29 is 28.6 Å². The highest BCUT2D eigenvalue weighted by atomic mass is 16.6. The van der Waals surface area contributed by atoms with Crippen LogP contribution in [0.5, 0.6) is 0 Å². The van der Waals surface area contributed by atoms with E-state index >= 15 is 0 Å². The van der Waals surface area contributed by atoms with E-state index in [1.807, 2.05) is 0 Å². The van der Waals surface area contributed by atoms with Crippen LogP contribution in [0.3, 0.4) is 0 Å². The summed E-state index contributed by atoms with van der Waals surface area (Å²) < 4.78 is 16.9. The van der Waals surface area contributed by atoms with Crippen molar-refractivity contribution in [3.8, 4) is 0 Å². The lowest BCUT2D eigenvalue weighted by Gasteiger charge is -2.18. The van der Waals surface area contributed by atoms with Crippen LogP contribution in [0.2, 0.25) is 0 Å². The maximum atomic E-state index is 12.9. The van der Waals surface area contributed by atoms with Gasteiger partial charge >= 0.3 is 17.9 Å². The minimum Gasteiger partial charge on any atom is -0.462 e. The molecule has 1 unspecified atom stereocenters. The molecular weight excluding hydrogens is 997 g/mol. The topological polar surface area (TPSA) is 78.9 Å². The molecule has 0 aliphatic rings. The maximum absolute atomic E-state index is 12.9. The zero-order chi connectivity index (χ0) is 58.5. The van der Waals surface area contributed by atoms with Gasteiger partial charge in [-0.15, -0.1) is 0 Å². The first-order chi connectivity index (χ1) is 40.0. The number of carbonyl (C=O) groups excluding carboxylic acids is 3. The fourth-order valence-corrected chi connectivity index (χ4v) is 10.7. The molecule has 0 aliphatic heterocycles. The summed E-state index contributed by atoms with van der Waals surface area (Å²) in [6.45, 7) is 6.54. The van der Waals surface area contributed by atoms with Gasteiger partial charge in [-0.3, -0.25) is 14.4 Å². The second-order valence-electron chi connectivity index (χ2n) is 24.1. The van der Waals surface area contributed by atoms with Crippen LogP contribution in [-0.2, 0) is 28.6 Å². The van der Waals surface area contributed by atoms with Crippen molar-refractivity contribution in [2.45, 2.75) is 386 Å². The fraction of sp³-hybridized carbons (Fsp3) is 0.827. The van der Waals surface area contributed by atoms with Crippen LogP contribution in [0.15, 0.2) is 60.8 Å². The number of hydrogen-bond acceptors (Lipinski definition) is 6. The summed E-state index contributed by atoms with van der Waals surface area (Å²) >= 11 is 0. The van der Waals surface area contributed by atoms with Gasteiger partial charge in [0.2, 0.25) is 0 Å². The highest BCUT2D eigenvalue weighted by Crippen LogP contribution is 2.19. The standard InChI is InChI=1S/C75H136O6/c1-4-7-10-13-16-19-22-25-27-29-30-31-32-33-34-35-36-37-38-39-40-41-42-43-44-46-47-50-53-56-59-62-65-68-74(77)80-71-72(70-79-73(76)67-64-61-58-55-52-49-24-21-18-15-12-9-6-3)81-75(78)69-66-63-60-57-54-51-48-45-28-26-23-20-17-14-11-8-5-2/h8,11,17,20-21,24,26,28,48,51,72H,4-7,9-10,12-16,18-19,22-23,25,27,29-47,49-50,52-71H2,1-3H3/b11-8-,20-17-,24-21-,28-26-,51-48-. The molecule has 472 valence electrons. The molecule has 6 nitrogen and oxygen atoms in total. The Balaban J connectivity index is 4.13. The van der Waals surface area contributed by atoms with E-state index in [1.54, 1.807) is 0 Å².